The van der Waals surface area contributed by atoms with E-state index >= 15 is 0 Å². The molecule has 5 nitrogen and oxygen atoms in total. The van der Waals surface area contributed by atoms with Crippen LogP contribution in [-0.2, 0) is 4.74 Å². The van der Waals surface area contributed by atoms with Crippen molar-refractivity contribution in [1.29, 1.82) is 0 Å². The van der Waals surface area contributed by atoms with Gasteiger partial charge in [0.2, 0.25) is 0 Å². The molecular weight excluding hydrogens is 242 g/mol. The van der Waals surface area contributed by atoms with Gasteiger partial charge in [-0.15, -0.1) is 0 Å². The number of pyridine rings is 1. The standard InChI is InChI=1S/C11H12ClN3O2/c12-11-10-8(3-4-13-11)14-6-15(10)9-2-1-7(5-16)17-9/h3-4,6-7,9,16H,1-2,5H2/t7-,9-/m0/s1. The van der Waals surface area contributed by atoms with Crippen molar-refractivity contribution in [3.63, 3.8) is 0 Å². The lowest BCUT2D eigenvalue weighted by Gasteiger charge is -2.14. The second kappa shape index (κ2) is 4.25. The molecule has 2 atom stereocenters. The van der Waals surface area contributed by atoms with E-state index in [4.69, 9.17) is 21.4 Å². The second-order valence-electron chi connectivity index (χ2n) is 4.09. The fourth-order valence-corrected chi connectivity index (χ4v) is 2.44. The fourth-order valence-electron chi connectivity index (χ4n) is 2.19. The molecule has 2 aromatic rings. The van der Waals surface area contributed by atoms with Gasteiger partial charge in [0.1, 0.15) is 11.7 Å². The monoisotopic (exact) mass is 253 g/mol. The highest BCUT2D eigenvalue weighted by molar-refractivity contribution is 6.33. The van der Waals surface area contributed by atoms with Gasteiger partial charge in [-0.25, -0.2) is 9.97 Å². The van der Waals surface area contributed by atoms with E-state index in [1.54, 1.807) is 12.5 Å². The minimum atomic E-state index is -0.112. The number of aromatic nitrogens is 3. The summed E-state index contributed by atoms with van der Waals surface area (Å²) in [6, 6.07) is 1.82. The molecule has 17 heavy (non-hydrogen) atoms. The number of nitrogens with zero attached hydrogens (tertiary/aromatic N) is 3. The van der Waals surface area contributed by atoms with Crippen LogP contribution in [0.5, 0.6) is 0 Å². The van der Waals surface area contributed by atoms with Crippen LogP contribution in [0.15, 0.2) is 18.6 Å². The zero-order valence-electron chi connectivity index (χ0n) is 9.08. The molecule has 0 radical (unpaired) electrons. The number of hydrogen-bond donors (Lipinski definition) is 1. The maximum Gasteiger partial charge on any atom is 0.154 e. The number of aliphatic hydroxyl groups is 1. The van der Waals surface area contributed by atoms with E-state index in [2.05, 4.69) is 9.97 Å². The molecule has 0 saturated carbocycles. The predicted molar refractivity (Wildman–Crippen MR) is 62.8 cm³/mol. The van der Waals surface area contributed by atoms with Gasteiger partial charge in [0.05, 0.1) is 24.6 Å². The lowest BCUT2D eigenvalue weighted by atomic mass is 10.2. The SMILES string of the molecule is OC[C@@H]1CC[C@@H](n2cnc3ccnc(Cl)c32)O1. The smallest absolute Gasteiger partial charge is 0.154 e. The van der Waals surface area contributed by atoms with Crippen LogP contribution in [0.4, 0.5) is 0 Å². The highest BCUT2D eigenvalue weighted by Gasteiger charge is 2.27. The lowest BCUT2D eigenvalue weighted by molar-refractivity contribution is -0.0205. The van der Waals surface area contributed by atoms with Gasteiger partial charge < -0.3 is 14.4 Å². The van der Waals surface area contributed by atoms with E-state index in [1.807, 2.05) is 10.6 Å². The summed E-state index contributed by atoms with van der Waals surface area (Å²) in [6.07, 6.45) is 4.84. The molecule has 1 N–H and O–H groups in total. The van der Waals surface area contributed by atoms with Crippen molar-refractivity contribution in [2.75, 3.05) is 6.61 Å². The highest BCUT2D eigenvalue weighted by Crippen LogP contribution is 2.32. The molecule has 0 unspecified atom stereocenters. The van der Waals surface area contributed by atoms with Crippen LogP contribution in [0, 0.1) is 0 Å². The van der Waals surface area contributed by atoms with Crippen molar-refractivity contribution in [2.45, 2.75) is 25.2 Å². The van der Waals surface area contributed by atoms with Gasteiger partial charge in [0.15, 0.2) is 5.15 Å². The molecule has 0 aromatic carbocycles. The molecule has 6 heteroatoms. The Morgan fingerprint density at radius 3 is 3.12 bits per heavy atom. The Morgan fingerprint density at radius 2 is 2.35 bits per heavy atom. The molecule has 0 bridgehead atoms. The maximum absolute atomic E-state index is 9.06. The van der Waals surface area contributed by atoms with Crippen LogP contribution in [0.1, 0.15) is 19.1 Å². The van der Waals surface area contributed by atoms with Crippen molar-refractivity contribution in [3.05, 3.63) is 23.7 Å². The van der Waals surface area contributed by atoms with Crippen molar-refractivity contribution >= 4 is 22.6 Å². The zero-order valence-corrected chi connectivity index (χ0v) is 9.84. The molecule has 0 spiro atoms. The third kappa shape index (κ3) is 1.80. The number of aliphatic hydroxyl groups excluding tert-OH is 1. The van der Waals surface area contributed by atoms with Crippen LogP contribution < -0.4 is 0 Å². The summed E-state index contributed by atoms with van der Waals surface area (Å²) in [6.45, 7) is 0.0507. The molecule has 1 fully saturated rings. The predicted octanol–water partition coefficient (Wildman–Crippen LogP) is 1.75. The largest absolute Gasteiger partial charge is 0.394 e. The normalized spacial score (nSPS) is 24.6. The van der Waals surface area contributed by atoms with Crippen molar-refractivity contribution in [2.24, 2.45) is 0 Å². The van der Waals surface area contributed by atoms with Crippen LogP contribution in [0.25, 0.3) is 11.0 Å². The first kappa shape index (κ1) is 11.0. The zero-order chi connectivity index (χ0) is 11.8. The number of hydrogen-bond acceptors (Lipinski definition) is 4. The summed E-state index contributed by atoms with van der Waals surface area (Å²) in [4.78, 5) is 8.32. The van der Waals surface area contributed by atoms with E-state index in [9.17, 15) is 0 Å². The molecule has 0 aliphatic carbocycles. The van der Waals surface area contributed by atoms with Crippen molar-refractivity contribution in [1.82, 2.24) is 14.5 Å². The van der Waals surface area contributed by atoms with Gasteiger partial charge in [-0.05, 0) is 18.9 Å². The van der Waals surface area contributed by atoms with Crippen LogP contribution in [0.3, 0.4) is 0 Å². The molecule has 1 aliphatic rings. The van der Waals surface area contributed by atoms with Gasteiger partial charge in [-0.1, -0.05) is 11.6 Å². The number of ether oxygens (including phenoxy) is 1. The third-order valence-electron chi connectivity index (χ3n) is 3.04. The minimum Gasteiger partial charge on any atom is -0.394 e. The van der Waals surface area contributed by atoms with Crippen LogP contribution in [0.2, 0.25) is 5.15 Å². The Bertz CT molecular complexity index is 542. The molecular formula is C11H12ClN3O2. The maximum atomic E-state index is 9.06. The van der Waals surface area contributed by atoms with Gasteiger partial charge in [-0.2, -0.15) is 0 Å². The number of halogens is 1. The third-order valence-corrected chi connectivity index (χ3v) is 3.31. The second-order valence-corrected chi connectivity index (χ2v) is 4.45. The molecule has 1 aliphatic heterocycles. The van der Waals surface area contributed by atoms with E-state index < -0.39 is 0 Å². The Hall–Kier alpha value is -1.17. The van der Waals surface area contributed by atoms with Crippen LogP contribution >= 0.6 is 11.6 Å². The summed E-state index contributed by atoms with van der Waals surface area (Å²) in [5.74, 6) is 0. The van der Waals surface area contributed by atoms with E-state index in [0.29, 0.717) is 5.15 Å². The minimum absolute atomic E-state index is 0.0507. The molecule has 1 saturated heterocycles. The average molecular weight is 254 g/mol. The topological polar surface area (TPSA) is 60.2 Å². The number of imidazole rings is 1. The molecule has 2 aromatic heterocycles. The van der Waals surface area contributed by atoms with Crippen molar-refractivity contribution < 1.29 is 9.84 Å². The van der Waals surface area contributed by atoms with E-state index in [-0.39, 0.29) is 18.9 Å². The summed E-state index contributed by atoms with van der Waals surface area (Å²) < 4.78 is 7.59. The molecule has 0 amide bonds. The summed E-state index contributed by atoms with van der Waals surface area (Å²) >= 11 is 6.08. The average Bonchev–Trinajstić information content (AvgIpc) is 2.94. The Balaban J connectivity index is 2.01. The Labute approximate surface area is 103 Å². The highest BCUT2D eigenvalue weighted by atomic mass is 35.5. The first-order valence-corrected chi connectivity index (χ1v) is 5.90. The quantitative estimate of drug-likeness (QED) is 0.829. The summed E-state index contributed by atoms with van der Waals surface area (Å²) in [5, 5.41) is 9.49. The molecule has 90 valence electrons. The van der Waals surface area contributed by atoms with Gasteiger partial charge in [-0.3, -0.25) is 0 Å². The van der Waals surface area contributed by atoms with E-state index in [1.165, 1.54) is 0 Å². The van der Waals surface area contributed by atoms with E-state index in [0.717, 1.165) is 23.9 Å². The summed E-state index contributed by atoms with van der Waals surface area (Å²) in [7, 11) is 0. The molecule has 3 heterocycles. The fraction of sp³-hybridized carbons (Fsp3) is 0.455. The van der Waals surface area contributed by atoms with Gasteiger partial charge in [0, 0.05) is 6.20 Å². The van der Waals surface area contributed by atoms with Gasteiger partial charge >= 0.3 is 0 Å². The first-order chi connectivity index (χ1) is 8.29. The van der Waals surface area contributed by atoms with Crippen molar-refractivity contribution in [3.8, 4) is 0 Å². The Kier molecular flexibility index (Phi) is 2.74. The number of rotatable bonds is 2. The Morgan fingerprint density at radius 1 is 1.47 bits per heavy atom. The van der Waals surface area contributed by atoms with Gasteiger partial charge in [0.25, 0.3) is 0 Å². The first-order valence-electron chi connectivity index (χ1n) is 5.53. The number of fused-ring (bicyclic) bond motifs is 1. The van der Waals surface area contributed by atoms with Crippen LogP contribution in [-0.4, -0.2) is 32.4 Å². The summed E-state index contributed by atoms with van der Waals surface area (Å²) in [5.41, 5.74) is 1.60. The lowest BCUT2D eigenvalue weighted by Crippen LogP contribution is -2.14. The molecule has 3 rings (SSSR count).